The maximum absolute atomic E-state index is 12.2. The molecule has 1 saturated heterocycles. The first-order valence-corrected chi connectivity index (χ1v) is 5.69. The Balaban J connectivity index is 2.13. The fourth-order valence-corrected chi connectivity index (χ4v) is 2.10. The average Bonchev–Trinajstić information content (AvgIpc) is 2.69. The maximum atomic E-state index is 12.2. The molecular weight excluding hydrogens is 216 g/mol. The molecule has 2 amide bonds. The number of amides is 2. The van der Waals surface area contributed by atoms with Gasteiger partial charge in [0.2, 0.25) is 11.8 Å². The molecule has 0 radical (unpaired) electrons. The summed E-state index contributed by atoms with van der Waals surface area (Å²) in [4.78, 5) is 26.8. The van der Waals surface area contributed by atoms with E-state index < -0.39 is 0 Å². The Bertz CT molecular complexity index is 430. The standard InChI is InChI=1S/C13H16N2O2/c1-14(10-6-4-3-5-7-10)13(17)11-8-9-12(16)15(11)2/h3-7,11H,8-9H2,1-2H3. The SMILES string of the molecule is CN(C(=O)C1CCC(=O)N1C)c1ccccc1. The number of carbonyl (C=O) groups is 2. The summed E-state index contributed by atoms with van der Waals surface area (Å²) >= 11 is 0. The van der Waals surface area contributed by atoms with E-state index in [2.05, 4.69) is 0 Å². The van der Waals surface area contributed by atoms with Gasteiger partial charge in [-0.3, -0.25) is 9.59 Å². The van der Waals surface area contributed by atoms with E-state index in [0.717, 1.165) is 5.69 Å². The monoisotopic (exact) mass is 232 g/mol. The van der Waals surface area contributed by atoms with Crippen molar-refractivity contribution in [3.05, 3.63) is 30.3 Å². The number of likely N-dealkylation sites (tertiary alicyclic amines) is 1. The van der Waals surface area contributed by atoms with E-state index in [1.165, 1.54) is 0 Å². The minimum absolute atomic E-state index is 0.0236. The Morgan fingerprint density at radius 2 is 2.00 bits per heavy atom. The van der Waals surface area contributed by atoms with Crippen molar-refractivity contribution < 1.29 is 9.59 Å². The third kappa shape index (κ3) is 2.16. The Kier molecular flexibility index (Phi) is 3.13. The van der Waals surface area contributed by atoms with E-state index in [1.54, 1.807) is 23.9 Å². The van der Waals surface area contributed by atoms with Gasteiger partial charge in [-0.15, -0.1) is 0 Å². The molecule has 1 unspecified atom stereocenters. The van der Waals surface area contributed by atoms with Crippen LogP contribution >= 0.6 is 0 Å². The zero-order valence-corrected chi connectivity index (χ0v) is 10.1. The van der Waals surface area contributed by atoms with Gasteiger partial charge in [-0.2, -0.15) is 0 Å². The van der Waals surface area contributed by atoms with Crippen LogP contribution in [0, 0.1) is 0 Å². The van der Waals surface area contributed by atoms with Crippen LogP contribution < -0.4 is 4.90 Å². The Labute approximate surface area is 101 Å². The highest BCUT2D eigenvalue weighted by atomic mass is 16.2. The Morgan fingerprint density at radius 1 is 1.35 bits per heavy atom. The number of para-hydroxylation sites is 1. The lowest BCUT2D eigenvalue weighted by atomic mass is 10.2. The molecule has 4 nitrogen and oxygen atoms in total. The van der Waals surface area contributed by atoms with Gasteiger partial charge in [0.05, 0.1) is 0 Å². The van der Waals surface area contributed by atoms with E-state index >= 15 is 0 Å². The van der Waals surface area contributed by atoms with Crippen molar-refractivity contribution in [1.82, 2.24) is 4.90 Å². The van der Waals surface area contributed by atoms with Crippen molar-refractivity contribution in [2.75, 3.05) is 19.0 Å². The van der Waals surface area contributed by atoms with Crippen molar-refractivity contribution in [3.63, 3.8) is 0 Å². The Hall–Kier alpha value is -1.84. The zero-order chi connectivity index (χ0) is 12.4. The lowest BCUT2D eigenvalue weighted by Gasteiger charge is -2.25. The molecule has 2 rings (SSSR count). The first-order valence-electron chi connectivity index (χ1n) is 5.69. The number of hydrogen-bond donors (Lipinski definition) is 0. The highest BCUT2D eigenvalue weighted by Crippen LogP contribution is 2.21. The molecule has 0 bridgehead atoms. The number of anilines is 1. The number of likely N-dealkylation sites (N-methyl/N-ethyl adjacent to an activating group) is 2. The van der Waals surface area contributed by atoms with Crippen LogP contribution in [0.1, 0.15) is 12.8 Å². The second-order valence-electron chi connectivity index (χ2n) is 4.29. The largest absolute Gasteiger partial charge is 0.334 e. The molecule has 0 aromatic heterocycles. The van der Waals surface area contributed by atoms with Crippen molar-refractivity contribution in [3.8, 4) is 0 Å². The number of rotatable bonds is 2. The predicted molar refractivity (Wildman–Crippen MR) is 65.6 cm³/mol. The van der Waals surface area contributed by atoms with Crippen LogP contribution in [0.5, 0.6) is 0 Å². The van der Waals surface area contributed by atoms with Crippen LogP contribution in [0.15, 0.2) is 30.3 Å². The fourth-order valence-electron chi connectivity index (χ4n) is 2.10. The molecule has 1 aliphatic heterocycles. The topological polar surface area (TPSA) is 40.6 Å². The lowest BCUT2D eigenvalue weighted by Crippen LogP contribution is -2.43. The smallest absolute Gasteiger partial charge is 0.249 e. The quantitative estimate of drug-likeness (QED) is 0.770. The molecule has 0 N–H and O–H groups in total. The number of nitrogens with zero attached hydrogens (tertiary/aromatic N) is 2. The van der Waals surface area contributed by atoms with Crippen LogP contribution in [0.25, 0.3) is 0 Å². The van der Waals surface area contributed by atoms with Gasteiger partial charge < -0.3 is 9.80 Å². The van der Waals surface area contributed by atoms with Crippen molar-refractivity contribution in [2.24, 2.45) is 0 Å². The van der Waals surface area contributed by atoms with Gasteiger partial charge in [-0.1, -0.05) is 18.2 Å². The van der Waals surface area contributed by atoms with Crippen LogP contribution in [0.2, 0.25) is 0 Å². The number of benzene rings is 1. The summed E-state index contributed by atoms with van der Waals surface area (Å²) in [7, 11) is 3.44. The molecule has 0 spiro atoms. The second kappa shape index (κ2) is 4.57. The molecule has 1 aromatic carbocycles. The van der Waals surface area contributed by atoms with Crippen LogP contribution in [0.3, 0.4) is 0 Å². The van der Waals surface area contributed by atoms with E-state index in [9.17, 15) is 9.59 Å². The van der Waals surface area contributed by atoms with Crippen LogP contribution in [0.4, 0.5) is 5.69 Å². The molecular formula is C13H16N2O2. The molecule has 1 heterocycles. The molecule has 0 aliphatic carbocycles. The average molecular weight is 232 g/mol. The summed E-state index contributed by atoms with van der Waals surface area (Å²) in [6.07, 6.45) is 1.08. The molecule has 1 aromatic rings. The van der Waals surface area contributed by atoms with E-state index in [1.807, 2.05) is 30.3 Å². The van der Waals surface area contributed by atoms with Gasteiger partial charge in [-0.25, -0.2) is 0 Å². The summed E-state index contributed by atoms with van der Waals surface area (Å²) in [5.74, 6) is 0.0226. The van der Waals surface area contributed by atoms with E-state index in [-0.39, 0.29) is 17.9 Å². The van der Waals surface area contributed by atoms with E-state index in [0.29, 0.717) is 12.8 Å². The van der Waals surface area contributed by atoms with Gasteiger partial charge in [0.15, 0.2) is 0 Å². The van der Waals surface area contributed by atoms with Crippen LogP contribution in [-0.4, -0.2) is 36.9 Å². The normalized spacial score (nSPS) is 19.5. The van der Waals surface area contributed by atoms with Gasteiger partial charge >= 0.3 is 0 Å². The summed E-state index contributed by atoms with van der Waals surface area (Å²) in [6, 6.07) is 9.15. The van der Waals surface area contributed by atoms with Gasteiger partial charge in [-0.05, 0) is 18.6 Å². The van der Waals surface area contributed by atoms with Crippen molar-refractivity contribution in [1.29, 1.82) is 0 Å². The third-order valence-corrected chi connectivity index (χ3v) is 3.25. The van der Waals surface area contributed by atoms with Gasteiger partial charge in [0, 0.05) is 26.2 Å². The lowest BCUT2D eigenvalue weighted by molar-refractivity contribution is -0.132. The molecule has 1 atom stereocenters. The summed E-state index contributed by atoms with van der Waals surface area (Å²) in [6.45, 7) is 0. The van der Waals surface area contributed by atoms with Gasteiger partial charge in [0.25, 0.3) is 0 Å². The van der Waals surface area contributed by atoms with Crippen molar-refractivity contribution >= 4 is 17.5 Å². The van der Waals surface area contributed by atoms with Gasteiger partial charge in [0.1, 0.15) is 6.04 Å². The second-order valence-corrected chi connectivity index (χ2v) is 4.29. The Morgan fingerprint density at radius 3 is 2.53 bits per heavy atom. The molecule has 0 saturated carbocycles. The van der Waals surface area contributed by atoms with Crippen molar-refractivity contribution in [2.45, 2.75) is 18.9 Å². The molecule has 17 heavy (non-hydrogen) atoms. The molecule has 90 valence electrons. The highest BCUT2D eigenvalue weighted by Gasteiger charge is 2.35. The van der Waals surface area contributed by atoms with Crippen LogP contribution in [-0.2, 0) is 9.59 Å². The summed E-state index contributed by atoms with van der Waals surface area (Å²) in [5, 5.41) is 0. The predicted octanol–water partition coefficient (Wildman–Crippen LogP) is 1.27. The summed E-state index contributed by atoms with van der Waals surface area (Å²) in [5.41, 5.74) is 0.852. The highest BCUT2D eigenvalue weighted by molar-refractivity contribution is 6.00. The zero-order valence-electron chi connectivity index (χ0n) is 10.1. The first kappa shape index (κ1) is 11.6. The first-order chi connectivity index (χ1) is 8.11. The fraction of sp³-hybridized carbons (Fsp3) is 0.385. The molecule has 4 heteroatoms. The number of hydrogen-bond acceptors (Lipinski definition) is 2. The molecule has 1 aliphatic rings. The minimum atomic E-state index is -0.312. The van der Waals surface area contributed by atoms with E-state index in [4.69, 9.17) is 0 Å². The number of carbonyl (C=O) groups excluding carboxylic acids is 2. The summed E-state index contributed by atoms with van der Waals surface area (Å²) < 4.78 is 0. The minimum Gasteiger partial charge on any atom is -0.334 e. The third-order valence-electron chi connectivity index (χ3n) is 3.25. The maximum Gasteiger partial charge on any atom is 0.249 e. The molecule has 1 fully saturated rings.